The number of nitrogens with zero attached hydrogens (tertiary/aromatic N) is 5. The average molecular weight is 570 g/mol. The Morgan fingerprint density at radius 3 is 2.35 bits per heavy atom. The molecular formula is C28H36ClN7O4. The van der Waals surface area contributed by atoms with Crippen molar-refractivity contribution in [2.24, 2.45) is 0 Å². The van der Waals surface area contributed by atoms with E-state index in [0.29, 0.717) is 47.7 Å². The van der Waals surface area contributed by atoms with Crippen LogP contribution in [0.25, 0.3) is 11.0 Å². The fraction of sp³-hybridized carbons (Fsp3) is 0.464. The van der Waals surface area contributed by atoms with Crippen LogP contribution in [0.2, 0.25) is 5.02 Å². The molecule has 2 aromatic heterocycles. The van der Waals surface area contributed by atoms with Crippen LogP contribution in [0.3, 0.4) is 0 Å². The minimum atomic E-state index is -1.37. The van der Waals surface area contributed by atoms with Gasteiger partial charge in [0.25, 0.3) is 5.91 Å². The number of ether oxygens (including phenoxy) is 1. The van der Waals surface area contributed by atoms with E-state index in [1.165, 1.54) is 16.1 Å². The molecule has 4 rings (SSSR count). The first-order valence-electron chi connectivity index (χ1n) is 13.2. The summed E-state index contributed by atoms with van der Waals surface area (Å²) in [4.78, 5) is 57.8. The van der Waals surface area contributed by atoms with Gasteiger partial charge in [0.2, 0.25) is 5.91 Å². The van der Waals surface area contributed by atoms with E-state index < -0.39 is 17.2 Å². The number of amides is 3. The zero-order valence-corrected chi connectivity index (χ0v) is 24.3. The lowest BCUT2D eigenvalue weighted by molar-refractivity contribution is -0.128. The topological polar surface area (TPSA) is 124 Å². The standard InChI is InChI=1S/C28H36ClN7O4/c1-27(2,3)40-26(39)36(24-21-10-14-31-23(21)32-18-33-24)28(12-15-30-16-13-28)25(38)35(17-11-22(37)34(4)5)20-8-6-19(29)7-9-20/h6-10,14,18,30H,11-13,15-17H2,1-5H3,(H,31,32,33). The fourth-order valence-electron chi connectivity index (χ4n) is 4.83. The summed E-state index contributed by atoms with van der Waals surface area (Å²) >= 11 is 6.16. The van der Waals surface area contributed by atoms with E-state index in [9.17, 15) is 14.4 Å². The molecular weight excluding hydrogens is 534 g/mol. The molecule has 1 aromatic carbocycles. The molecule has 12 heteroatoms. The molecule has 0 saturated carbocycles. The lowest BCUT2D eigenvalue weighted by Crippen LogP contribution is -2.66. The van der Waals surface area contributed by atoms with Gasteiger partial charge in [-0.2, -0.15) is 0 Å². The van der Waals surface area contributed by atoms with E-state index in [1.54, 1.807) is 76.3 Å². The van der Waals surface area contributed by atoms with Crippen molar-refractivity contribution < 1.29 is 19.1 Å². The number of H-pyrrole nitrogens is 1. The molecule has 0 spiro atoms. The summed E-state index contributed by atoms with van der Waals surface area (Å²) in [6.07, 6.45) is 3.07. The van der Waals surface area contributed by atoms with Crippen LogP contribution in [0.5, 0.6) is 0 Å². The van der Waals surface area contributed by atoms with Crippen molar-refractivity contribution in [2.45, 2.75) is 51.2 Å². The fourth-order valence-corrected chi connectivity index (χ4v) is 4.96. The van der Waals surface area contributed by atoms with E-state index in [4.69, 9.17) is 16.3 Å². The number of fused-ring (bicyclic) bond motifs is 1. The Balaban J connectivity index is 1.88. The maximum Gasteiger partial charge on any atom is 0.417 e. The quantitative estimate of drug-likeness (QED) is 0.441. The van der Waals surface area contributed by atoms with Crippen LogP contribution in [0, 0.1) is 0 Å². The van der Waals surface area contributed by atoms with Gasteiger partial charge in [-0.05, 0) is 77.0 Å². The number of anilines is 2. The highest BCUT2D eigenvalue weighted by atomic mass is 35.5. The number of hydrogen-bond donors (Lipinski definition) is 2. The van der Waals surface area contributed by atoms with Gasteiger partial charge in [0.05, 0.1) is 5.39 Å². The Morgan fingerprint density at radius 2 is 1.73 bits per heavy atom. The van der Waals surface area contributed by atoms with E-state index in [0.717, 1.165) is 0 Å². The molecule has 1 aliphatic rings. The number of carbonyl (C=O) groups excluding carboxylic acids is 3. The molecule has 40 heavy (non-hydrogen) atoms. The maximum atomic E-state index is 14.9. The molecule has 3 aromatic rings. The summed E-state index contributed by atoms with van der Waals surface area (Å²) in [7, 11) is 3.35. The lowest BCUT2D eigenvalue weighted by atomic mass is 9.84. The van der Waals surface area contributed by atoms with Crippen molar-refractivity contribution in [1.29, 1.82) is 0 Å². The molecule has 0 bridgehead atoms. The number of hydrogen-bond acceptors (Lipinski definition) is 7. The Hall–Kier alpha value is -3.70. The molecule has 0 atom stereocenters. The normalized spacial score (nSPS) is 14.9. The zero-order valence-electron chi connectivity index (χ0n) is 23.5. The molecule has 0 aliphatic carbocycles. The second-order valence-corrected chi connectivity index (χ2v) is 11.4. The molecule has 214 valence electrons. The highest BCUT2D eigenvalue weighted by Gasteiger charge is 2.52. The second kappa shape index (κ2) is 11.8. The largest absolute Gasteiger partial charge is 0.443 e. The van der Waals surface area contributed by atoms with Gasteiger partial charge in [-0.25, -0.2) is 19.7 Å². The van der Waals surface area contributed by atoms with Gasteiger partial charge in [0.15, 0.2) is 5.82 Å². The number of carbonyl (C=O) groups is 3. The summed E-state index contributed by atoms with van der Waals surface area (Å²) < 4.78 is 5.89. The molecule has 3 heterocycles. The highest BCUT2D eigenvalue weighted by molar-refractivity contribution is 6.30. The molecule has 0 radical (unpaired) electrons. The SMILES string of the molecule is CN(C)C(=O)CCN(C(=O)C1(N(C(=O)OC(C)(C)C)c2ncnc3[nH]ccc23)CCNCC1)c1ccc(Cl)cc1. The summed E-state index contributed by atoms with van der Waals surface area (Å²) in [6, 6.07) is 8.64. The van der Waals surface area contributed by atoms with Crippen LogP contribution in [0.15, 0.2) is 42.9 Å². The van der Waals surface area contributed by atoms with Crippen LogP contribution in [0.1, 0.15) is 40.0 Å². The van der Waals surface area contributed by atoms with Crippen LogP contribution in [-0.2, 0) is 14.3 Å². The van der Waals surface area contributed by atoms with Crippen molar-refractivity contribution >= 4 is 52.0 Å². The lowest BCUT2D eigenvalue weighted by Gasteiger charge is -2.46. The molecule has 3 amide bonds. The van der Waals surface area contributed by atoms with E-state index in [-0.39, 0.29) is 30.6 Å². The van der Waals surface area contributed by atoms with Gasteiger partial charge < -0.3 is 24.8 Å². The van der Waals surface area contributed by atoms with Gasteiger partial charge >= 0.3 is 6.09 Å². The Morgan fingerprint density at radius 1 is 1.05 bits per heavy atom. The molecule has 1 fully saturated rings. The Labute approximate surface area is 238 Å². The van der Waals surface area contributed by atoms with Gasteiger partial charge in [-0.3, -0.25) is 9.59 Å². The van der Waals surface area contributed by atoms with Crippen LogP contribution >= 0.6 is 11.6 Å². The average Bonchev–Trinajstić information content (AvgIpc) is 3.39. The Bertz CT molecular complexity index is 1360. The van der Waals surface area contributed by atoms with Gasteiger partial charge in [-0.1, -0.05) is 11.6 Å². The third kappa shape index (κ3) is 6.20. The summed E-state index contributed by atoms with van der Waals surface area (Å²) in [5.74, 6) is -0.188. The third-order valence-corrected chi connectivity index (χ3v) is 7.06. The zero-order chi connectivity index (χ0) is 29.1. The molecule has 1 aliphatic heterocycles. The van der Waals surface area contributed by atoms with Crippen molar-refractivity contribution in [2.75, 3.05) is 43.5 Å². The van der Waals surface area contributed by atoms with E-state index >= 15 is 0 Å². The van der Waals surface area contributed by atoms with E-state index in [1.807, 2.05) is 0 Å². The monoisotopic (exact) mass is 569 g/mol. The first-order chi connectivity index (χ1) is 18.9. The van der Waals surface area contributed by atoms with Gasteiger partial charge in [0, 0.05) is 44.0 Å². The minimum absolute atomic E-state index is 0.0949. The van der Waals surface area contributed by atoms with Crippen LogP contribution < -0.4 is 15.1 Å². The number of benzene rings is 1. The van der Waals surface area contributed by atoms with Gasteiger partial charge in [-0.15, -0.1) is 0 Å². The predicted octanol–water partition coefficient (Wildman–Crippen LogP) is 3.99. The number of nitrogens with one attached hydrogen (secondary N) is 2. The first kappa shape index (κ1) is 29.3. The van der Waals surface area contributed by atoms with Crippen molar-refractivity contribution in [3.63, 3.8) is 0 Å². The minimum Gasteiger partial charge on any atom is -0.443 e. The smallest absolute Gasteiger partial charge is 0.417 e. The number of aromatic nitrogens is 3. The number of rotatable bonds is 7. The molecule has 2 N–H and O–H groups in total. The Kier molecular flexibility index (Phi) is 8.65. The number of piperidine rings is 1. The van der Waals surface area contributed by atoms with E-state index in [2.05, 4.69) is 20.3 Å². The number of halogens is 1. The van der Waals surface area contributed by atoms with Crippen molar-refractivity contribution in [1.82, 2.24) is 25.2 Å². The maximum absolute atomic E-state index is 14.9. The second-order valence-electron chi connectivity index (χ2n) is 11.0. The molecule has 1 saturated heterocycles. The predicted molar refractivity (Wildman–Crippen MR) is 155 cm³/mol. The highest BCUT2D eigenvalue weighted by Crippen LogP contribution is 2.38. The van der Waals surface area contributed by atoms with Gasteiger partial charge in [0.1, 0.15) is 23.1 Å². The summed E-state index contributed by atoms with van der Waals surface area (Å²) in [6.45, 7) is 6.41. The van der Waals surface area contributed by atoms with Crippen LogP contribution in [-0.4, -0.2) is 82.6 Å². The van der Waals surface area contributed by atoms with Crippen LogP contribution in [0.4, 0.5) is 16.3 Å². The van der Waals surface area contributed by atoms with Crippen molar-refractivity contribution in [3.05, 3.63) is 47.9 Å². The first-order valence-corrected chi connectivity index (χ1v) is 13.6. The molecule has 0 unspecified atom stereocenters. The number of aromatic amines is 1. The van der Waals surface area contributed by atoms with Crippen molar-refractivity contribution in [3.8, 4) is 0 Å². The summed E-state index contributed by atoms with van der Waals surface area (Å²) in [5, 5.41) is 4.40. The third-order valence-electron chi connectivity index (χ3n) is 6.81. The summed E-state index contributed by atoms with van der Waals surface area (Å²) in [5.41, 5.74) is -1.10. The molecule has 11 nitrogen and oxygen atoms in total.